The molecule has 0 unspecified atom stereocenters. The van der Waals surface area contributed by atoms with Gasteiger partial charge in [-0.1, -0.05) is 46.0 Å². The van der Waals surface area contributed by atoms with Gasteiger partial charge in [-0.3, -0.25) is 4.90 Å². The first-order chi connectivity index (χ1) is 18.9. The van der Waals surface area contributed by atoms with Gasteiger partial charge in [-0.15, -0.1) is 0 Å². The maximum absolute atomic E-state index is 14.4. The number of allylic oxidation sites excluding steroid dienone is 2. The van der Waals surface area contributed by atoms with E-state index in [2.05, 4.69) is 15.2 Å². The molecule has 4 rings (SSSR count). The Morgan fingerprint density at radius 1 is 1.15 bits per heavy atom. The van der Waals surface area contributed by atoms with Gasteiger partial charge in [0.1, 0.15) is 11.9 Å². The zero-order chi connectivity index (χ0) is 28.8. The van der Waals surface area contributed by atoms with Crippen molar-refractivity contribution in [1.82, 2.24) is 19.2 Å². The lowest BCUT2D eigenvalue weighted by atomic mass is 10.1. The van der Waals surface area contributed by atoms with Crippen LogP contribution >= 0.6 is 0 Å². The fraction of sp³-hybridized carbons (Fsp3) is 0.400. The normalized spacial score (nSPS) is 17.1. The lowest BCUT2D eigenvalue weighted by Crippen LogP contribution is -2.42. The van der Waals surface area contributed by atoms with E-state index in [9.17, 15) is 13.4 Å². The van der Waals surface area contributed by atoms with E-state index >= 15 is 0 Å². The number of unbranched alkanes of at least 4 members (excludes halogenated alkanes) is 1. The Morgan fingerprint density at radius 2 is 1.95 bits per heavy atom. The van der Waals surface area contributed by atoms with Gasteiger partial charge < -0.3 is 14.2 Å². The minimum absolute atomic E-state index is 0.254. The fourth-order valence-electron chi connectivity index (χ4n) is 4.65. The molecule has 0 saturated carbocycles. The van der Waals surface area contributed by atoms with E-state index in [1.165, 1.54) is 12.3 Å². The van der Waals surface area contributed by atoms with Crippen LogP contribution in [0.2, 0.25) is 0 Å². The number of amides is 1. The number of carbonyl (C=O) groups is 1. The third-order valence-corrected chi connectivity index (χ3v) is 9.33. The van der Waals surface area contributed by atoms with Crippen molar-refractivity contribution in [3.63, 3.8) is 0 Å². The Bertz CT molecular complexity index is 1460. The van der Waals surface area contributed by atoms with Gasteiger partial charge in [0.15, 0.2) is 0 Å². The lowest BCUT2D eigenvalue weighted by Gasteiger charge is -2.44. The lowest BCUT2D eigenvalue weighted by molar-refractivity contribution is 0.0526. The number of pyridine rings is 1. The summed E-state index contributed by atoms with van der Waals surface area (Å²) in [6, 6.07) is 12.6. The predicted octanol–water partition coefficient (Wildman–Crippen LogP) is 5.71. The molecule has 0 radical (unpaired) electrons. The van der Waals surface area contributed by atoms with E-state index in [0.717, 1.165) is 29.3 Å². The summed E-state index contributed by atoms with van der Waals surface area (Å²) in [5.74, 6) is -0.266. The van der Waals surface area contributed by atoms with Crippen LogP contribution in [0.1, 0.15) is 44.9 Å². The zero-order valence-corrected chi connectivity index (χ0v) is 24.5. The quantitative estimate of drug-likeness (QED) is 0.248. The van der Waals surface area contributed by atoms with Crippen LogP contribution < -0.4 is 5.32 Å². The molecule has 2 aromatic heterocycles. The summed E-state index contributed by atoms with van der Waals surface area (Å²) in [5, 5.41) is 3.77. The van der Waals surface area contributed by atoms with Crippen LogP contribution in [-0.4, -0.2) is 54.9 Å². The number of rotatable bonds is 10. The summed E-state index contributed by atoms with van der Waals surface area (Å²) in [5.41, 5.74) is 1.88. The molecule has 3 heterocycles. The Kier molecular flexibility index (Phi) is 8.80. The second kappa shape index (κ2) is 11.9. The number of carbonyl (C=O) groups excluding carboxylic acids is 1. The number of hydrogen-bond acceptors (Lipinski definition) is 6. The second-order valence-corrected chi connectivity index (χ2v) is 14.9. The molecule has 10 heteroatoms. The Labute approximate surface area is 235 Å². The number of halogens is 1. The molecule has 0 atom stereocenters. The van der Waals surface area contributed by atoms with E-state index in [4.69, 9.17) is 8.92 Å². The number of ether oxygens (including phenoxy) is 1. The highest BCUT2D eigenvalue weighted by atomic mass is 32.3. The molecule has 0 saturated heterocycles. The molecule has 1 aromatic carbocycles. The number of benzene rings is 1. The van der Waals surface area contributed by atoms with Crippen LogP contribution in [0.3, 0.4) is 0 Å². The molecule has 0 aliphatic carbocycles. The number of para-hydroxylation sites is 1. The first kappa shape index (κ1) is 29.5. The van der Waals surface area contributed by atoms with Crippen molar-refractivity contribution < 1.29 is 22.3 Å². The van der Waals surface area contributed by atoms with Gasteiger partial charge in [-0.25, -0.2) is 13.8 Å². The van der Waals surface area contributed by atoms with Crippen LogP contribution in [0.25, 0.3) is 10.9 Å². The average Bonchev–Trinajstić information content (AvgIpc) is 3.13. The van der Waals surface area contributed by atoms with Crippen LogP contribution in [0, 0.1) is 5.95 Å². The van der Waals surface area contributed by atoms with E-state index < -0.39 is 27.2 Å². The third kappa shape index (κ3) is 7.57. The molecular formula is C30H39FN4O4S. The molecule has 8 nitrogen and oxygen atoms in total. The molecule has 1 aliphatic heterocycles. The summed E-state index contributed by atoms with van der Waals surface area (Å²) in [7, 11) is -3.74. The van der Waals surface area contributed by atoms with Crippen LogP contribution in [0.4, 0.5) is 9.18 Å². The molecule has 0 fully saturated rings. The molecule has 3 aromatic rings. The number of hydrogen-bond donors (Lipinski definition) is 1. The smallest absolute Gasteiger partial charge is 0.407 e. The van der Waals surface area contributed by atoms with E-state index in [0.29, 0.717) is 31.9 Å². The molecule has 216 valence electrons. The highest BCUT2D eigenvalue weighted by Crippen LogP contribution is 2.35. The van der Waals surface area contributed by atoms with E-state index in [1.807, 2.05) is 63.4 Å². The van der Waals surface area contributed by atoms with Gasteiger partial charge in [0.2, 0.25) is 5.95 Å². The number of aromatic nitrogens is 2. The van der Waals surface area contributed by atoms with E-state index in [1.54, 1.807) is 28.4 Å². The third-order valence-electron chi connectivity index (χ3n) is 6.48. The molecule has 40 heavy (non-hydrogen) atoms. The van der Waals surface area contributed by atoms with Gasteiger partial charge in [-0.05, 0) is 70.0 Å². The number of fused-ring (bicyclic) bond motifs is 1. The summed E-state index contributed by atoms with van der Waals surface area (Å²) in [6.07, 6.45) is 11.6. The van der Waals surface area contributed by atoms with Crippen molar-refractivity contribution >= 4 is 26.5 Å². The van der Waals surface area contributed by atoms with E-state index in [-0.39, 0.29) is 5.75 Å². The summed E-state index contributed by atoms with van der Waals surface area (Å²) in [4.78, 5) is 18.2. The number of nitrogens with one attached hydrogen (secondary N) is 1. The minimum atomic E-state index is -3.74. The van der Waals surface area contributed by atoms with Gasteiger partial charge in [-0.2, -0.15) is 8.60 Å². The molecule has 0 spiro atoms. The van der Waals surface area contributed by atoms with Crippen LogP contribution in [-0.2, 0) is 31.5 Å². The average molecular weight is 571 g/mol. The maximum atomic E-state index is 14.4. The van der Waals surface area contributed by atoms with Gasteiger partial charge in [0.25, 0.3) is 0 Å². The standard InChI is InChI=1S/C30H39FN4O4S/c1-30(2,3)39-29(36)32-17-8-9-18-34(23-25-13-12-16-28(31)33-25)21-24-22-35(27-15-7-6-14-26(24)27)40(4,37)20-11-5-10-19-38-40/h5-7,10-16,19,22H,8-9,17-18,20-21,23H2,1-4H3,(H,32,36). The number of nitrogens with zero attached hydrogens (tertiary/aromatic N) is 3. The second-order valence-electron chi connectivity index (χ2n) is 11.2. The van der Waals surface area contributed by atoms with Crippen LogP contribution in [0.15, 0.2) is 73.2 Å². The first-order valence-corrected chi connectivity index (χ1v) is 15.9. The topological polar surface area (TPSA) is 85.7 Å². The fourth-order valence-corrected chi connectivity index (χ4v) is 6.93. The molecule has 1 N–H and O–H groups in total. The zero-order valence-electron chi connectivity index (χ0n) is 23.6. The Morgan fingerprint density at radius 3 is 2.73 bits per heavy atom. The highest BCUT2D eigenvalue weighted by Gasteiger charge is 2.30. The van der Waals surface area contributed by atoms with Crippen molar-refractivity contribution in [3.05, 3.63) is 90.4 Å². The summed E-state index contributed by atoms with van der Waals surface area (Å²) in [6.45, 7) is 7.61. The molecular weight excluding hydrogens is 531 g/mol. The van der Waals surface area contributed by atoms with Crippen molar-refractivity contribution in [2.45, 2.75) is 52.3 Å². The monoisotopic (exact) mass is 570 g/mol. The molecule has 1 aliphatic rings. The van der Waals surface area contributed by atoms with Crippen molar-refractivity contribution in [3.8, 4) is 0 Å². The molecule has 1 amide bonds. The Balaban J connectivity index is 1.54. The maximum Gasteiger partial charge on any atom is 0.407 e. The van der Waals surface area contributed by atoms with Gasteiger partial charge in [0, 0.05) is 31.2 Å². The SMILES string of the molecule is CC(C)(C)OC(=O)NCCCCN(Cc1cccc(F)n1)Cc1cn(S2(C)(=O)CC=CC=CO2)c2ccccc12. The Hall–Kier alpha value is -3.50. The summed E-state index contributed by atoms with van der Waals surface area (Å²) < 4.78 is 41.3. The number of alkyl carbamates (subject to hydrolysis) is 1. The first-order valence-electron chi connectivity index (χ1n) is 13.5. The predicted molar refractivity (Wildman–Crippen MR) is 157 cm³/mol. The highest BCUT2D eigenvalue weighted by molar-refractivity contribution is 8.14. The van der Waals surface area contributed by atoms with Gasteiger partial charge >= 0.3 is 6.09 Å². The van der Waals surface area contributed by atoms with Crippen molar-refractivity contribution in [1.29, 1.82) is 0 Å². The molecule has 0 bridgehead atoms. The minimum Gasteiger partial charge on any atom is -0.444 e. The summed E-state index contributed by atoms with van der Waals surface area (Å²) >= 11 is 0. The largest absolute Gasteiger partial charge is 0.444 e. The van der Waals surface area contributed by atoms with Crippen molar-refractivity contribution in [2.75, 3.05) is 25.1 Å². The van der Waals surface area contributed by atoms with Crippen molar-refractivity contribution in [2.24, 2.45) is 0 Å². The van der Waals surface area contributed by atoms with Crippen LogP contribution in [0.5, 0.6) is 0 Å². The van der Waals surface area contributed by atoms with Gasteiger partial charge in [0.05, 0.1) is 23.2 Å².